The van der Waals surface area contributed by atoms with Gasteiger partial charge in [0.2, 0.25) is 5.95 Å². The van der Waals surface area contributed by atoms with E-state index in [1.165, 1.54) is 0 Å². The Morgan fingerprint density at radius 2 is 1.77 bits per heavy atom. The fourth-order valence-corrected chi connectivity index (χ4v) is 2.94. The molecule has 26 heavy (non-hydrogen) atoms. The van der Waals surface area contributed by atoms with E-state index in [1.807, 2.05) is 13.0 Å². The van der Waals surface area contributed by atoms with Crippen molar-refractivity contribution in [3.8, 4) is 0 Å². The second-order valence-corrected chi connectivity index (χ2v) is 7.00. The van der Waals surface area contributed by atoms with Crippen molar-refractivity contribution in [2.75, 3.05) is 48.8 Å². The summed E-state index contributed by atoms with van der Waals surface area (Å²) in [4.78, 5) is 25.4. The van der Waals surface area contributed by atoms with Crippen molar-refractivity contribution in [3.63, 3.8) is 0 Å². The summed E-state index contributed by atoms with van der Waals surface area (Å²) in [5.74, 6) is 1.08. The van der Waals surface area contributed by atoms with Crippen LogP contribution in [0.3, 0.4) is 0 Å². The average Bonchev–Trinajstić information content (AvgIpc) is 2.58. The third-order valence-corrected chi connectivity index (χ3v) is 4.81. The average molecular weight is 395 g/mol. The number of nitrogens with zero attached hydrogens (tertiary/aromatic N) is 4. The molecule has 0 aliphatic carbocycles. The molecule has 0 saturated carbocycles. The number of aromatic nitrogens is 2. The first-order chi connectivity index (χ1) is 12.4. The Kier molecular flexibility index (Phi) is 5.80. The molecular weight excluding hydrogens is 375 g/mol. The third kappa shape index (κ3) is 4.75. The summed E-state index contributed by atoms with van der Waals surface area (Å²) in [7, 11) is 2.10. The van der Waals surface area contributed by atoms with Crippen LogP contribution in [0.25, 0.3) is 0 Å². The molecule has 1 fully saturated rings. The number of rotatable bonds is 3. The number of nitrogens with one attached hydrogen (secondary N) is 2. The Bertz CT molecular complexity index is 808. The van der Waals surface area contributed by atoms with Crippen molar-refractivity contribution in [2.24, 2.45) is 0 Å². The lowest BCUT2D eigenvalue weighted by atomic mass is 10.3. The van der Waals surface area contributed by atoms with Gasteiger partial charge in [0.25, 0.3) is 0 Å². The Labute approximate surface area is 162 Å². The van der Waals surface area contributed by atoms with Gasteiger partial charge in [-0.25, -0.2) is 9.78 Å². The minimum absolute atomic E-state index is 0.261. The van der Waals surface area contributed by atoms with Crippen LogP contribution in [0.15, 0.2) is 24.3 Å². The van der Waals surface area contributed by atoms with Gasteiger partial charge >= 0.3 is 6.03 Å². The van der Waals surface area contributed by atoms with Crippen molar-refractivity contribution in [3.05, 3.63) is 40.0 Å². The van der Waals surface area contributed by atoms with E-state index in [9.17, 15) is 4.79 Å². The number of urea groups is 1. The lowest BCUT2D eigenvalue weighted by molar-refractivity contribution is 0.262. The van der Waals surface area contributed by atoms with E-state index >= 15 is 0 Å². The van der Waals surface area contributed by atoms with Gasteiger partial charge in [-0.1, -0.05) is 23.2 Å². The maximum Gasteiger partial charge on any atom is 0.326 e. The van der Waals surface area contributed by atoms with Gasteiger partial charge in [0, 0.05) is 43.6 Å². The molecule has 2 N–H and O–H groups in total. The van der Waals surface area contributed by atoms with Crippen molar-refractivity contribution in [1.82, 2.24) is 14.9 Å². The van der Waals surface area contributed by atoms with Gasteiger partial charge in [0.05, 0.1) is 10.0 Å². The maximum absolute atomic E-state index is 12.2. The monoisotopic (exact) mass is 394 g/mol. The minimum Gasteiger partial charge on any atom is -0.354 e. The number of piperazine rings is 1. The highest BCUT2D eigenvalue weighted by Crippen LogP contribution is 2.25. The van der Waals surface area contributed by atoms with Crippen LogP contribution >= 0.6 is 23.2 Å². The van der Waals surface area contributed by atoms with Crippen LogP contribution in [0.2, 0.25) is 10.0 Å². The number of hydrogen-bond acceptors (Lipinski definition) is 5. The number of benzene rings is 1. The van der Waals surface area contributed by atoms with Gasteiger partial charge < -0.3 is 15.1 Å². The van der Waals surface area contributed by atoms with Crippen LogP contribution in [-0.2, 0) is 0 Å². The normalized spacial score (nSPS) is 15.0. The summed E-state index contributed by atoms with van der Waals surface area (Å²) >= 11 is 11.8. The summed E-state index contributed by atoms with van der Waals surface area (Å²) < 4.78 is 0. The summed E-state index contributed by atoms with van der Waals surface area (Å²) in [6.45, 7) is 5.61. The summed E-state index contributed by atoms with van der Waals surface area (Å²) in [6.07, 6.45) is 0. The molecule has 1 aliphatic heterocycles. The van der Waals surface area contributed by atoms with Gasteiger partial charge in [0.1, 0.15) is 5.82 Å². The number of hydrogen-bond donors (Lipinski definition) is 2. The zero-order chi connectivity index (χ0) is 18.7. The first-order valence-corrected chi connectivity index (χ1v) is 8.98. The van der Waals surface area contributed by atoms with E-state index < -0.39 is 6.03 Å². The predicted octanol–water partition coefficient (Wildman–Crippen LogP) is 3.49. The molecule has 2 aromatic rings. The molecule has 2 amide bonds. The quantitative estimate of drug-likeness (QED) is 0.833. The molecule has 0 radical (unpaired) electrons. The van der Waals surface area contributed by atoms with Gasteiger partial charge in [-0.3, -0.25) is 5.32 Å². The van der Waals surface area contributed by atoms with Crippen LogP contribution < -0.4 is 15.5 Å². The zero-order valence-electron chi connectivity index (χ0n) is 14.6. The fourth-order valence-electron chi connectivity index (χ4n) is 2.64. The lowest BCUT2D eigenvalue weighted by Crippen LogP contribution is -2.45. The zero-order valence-corrected chi connectivity index (χ0v) is 16.1. The Morgan fingerprint density at radius 3 is 2.46 bits per heavy atom. The molecule has 138 valence electrons. The molecule has 0 spiro atoms. The Morgan fingerprint density at radius 1 is 1.04 bits per heavy atom. The number of aryl methyl sites for hydroxylation is 1. The van der Waals surface area contributed by atoms with E-state index in [1.54, 1.807) is 18.2 Å². The molecule has 1 aromatic carbocycles. The molecule has 2 heterocycles. The number of carbonyl (C=O) groups is 1. The second-order valence-electron chi connectivity index (χ2n) is 6.19. The Balaban J connectivity index is 1.68. The standard InChI is InChI=1S/C17H20Cl2N6O/c1-11-9-15(25-7-5-24(2)6-8-25)22-16(20-11)23-17(26)21-12-3-4-13(18)14(19)10-12/h3-4,9-10H,5-8H2,1-2H3,(H2,20,21,22,23,26). The van der Waals surface area contributed by atoms with E-state index in [4.69, 9.17) is 23.2 Å². The van der Waals surface area contributed by atoms with E-state index in [0.29, 0.717) is 15.7 Å². The highest BCUT2D eigenvalue weighted by atomic mass is 35.5. The summed E-state index contributed by atoms with van der Waals surface area (Å²) in [6, 6.07) is 6.34. The molecule has 0 bridgehead atoms. The first kappa shape index (κ1) is 18.7. The molecule has 1 saturated heterocycles. The molecule has 9 heteroatoms. The molecule has 0 unspecified atom stereocenters. The SMILES string of the molecule is Cc1cc(N2CCN(C)CC2)nc(NC(=O)Nc2ccc(Cl)c(Cl)c2)n1. The van der Waals surface area contributed by atoms with Crippen LogP contribution in [0.1, 0.15) is 5.69 Å². The fraction of sp³-hybridized carbons (Fsp3) is 0.353. The first-order valence-electron chi connectivity index (χ1n) is 8.23. The smallest absolute Gasteiger partial charge is 0.326 e. The number of halogens is 2. The largest absolute Gasteiger partial charge is 0.354 e. The minimum atomic E-state index is -0.446. The maximum atomic E-state index is 12.2. The van der Waals surface area contributed by atoms with Gasteiger partial charge in [-0.15, -0.1) is 0 Å². The summed E-state index contributed by atoms with van der Waals surface area (Å²) in [5.41, 5.74) is 1.32. The van der Waals surface area contributed by atoms with E-state index in [2.05, 4.69) is 37.4 Å². The number of carbonyl (C=O) groups excluding carboxylic acids is 1. The topological polar surface area (TPSA) is 73.4 Å². The van der Waals surface area contributed by atoms with Crippen molar-refractivity contribution in [2.45, 2.75) is 6.92 Å². The van der Waals surface area contributed by atoms with E-state index in [-0.39, 0.29) is 5.95 Å². The van der Waals surface area contributed by atoms with Crippen molar-refractivity contribution < 1.29 is 4.79 Å². The molecule has 0 atom stereocenters. The van der Waals surface area contributed by atoms with Crippen LogP contribution in [0, 0.1) is 6.92 Å². The summed E-state index contributed by atoms with van der Waals surface area (Å²) in [5, 5.41) is 6.15. The van der Waals surface area contributed by atoms with Gasteiger partial charge in [-0.05, 0) is 32.2 Å². The van der Waals surface area contributed by atoms with Crippen molar-refractivity contribution in [1.29, 1.82) is 0 Å². The molecular formula is C17H20Cl2N6O. The van der Waals surface area contributed by atoms with Gasteiger partial charge in [-0.2, -0.15) is 4.98 Å². The van der Waals surface area contributed by atoms with Crippen LogP contribution in [-0.4, -0.2) is 54.1 Å². The number of anilines is 3. The molecule has 7 nitrogen and oxygen atoms in total. The highest BCUT2D eigenvalue weighted by Gasteiger charge is 2.17. The lowest BCUT2D eigenvalue weighted by Gasteiger charge is -2.33. The van der Waals surface area contributed by atoms with Gasteiger partial charge in [0.15, 0.2) is 0 Å². The highest BCUT2D eigenvalue weighted by molar-refractivity contribution is 6.42. The number of likely N-dealkylation sites (N-methyl/N-ethyl adjacent to an activating group) is 1. The molecule has 1 aliphatic rings. The molecule has 1 aromatic heterocycles. The predicted molar refractivity (Wildman–Crippen MR) is 106 cm³/mol. The van der Waals surface area contributed by atoms with Crippen molar-refractivity contribution >= 4 is 46.7 Å². The van der Waals surface area contributed by atoms with Crippen LogP contribution in [0.5, 0.6) is 0 Å². The third-order valence-electron chi connectivity index (χ3n) is 4.07. The number of amides is 2. The van der Waals surface area contributed by atoms with Crippen LogP contribution in [0.4, 0.5) is 22.2 Å². The van der Waals surface area contributed by atoms with E-state index in [0.717, 1.165) is 37.7 Å². The molecule has 3 rings (SSSR count). The second kappa shape index (κ2) is 8.07. The Hall–Kier alpha value is -2.09.